The zero-order chi connectivity index (χ0) is 37.0. The molecule has 0 aliphatic heterocycles. The van der Waals surface area contributed by atoms with Crippen molar-refractivity contribution < 1.29 is 0 Å². The van der Waals surface area contributed by atoms with E-state index in [1.54, 1.807) is 0 Å². The van der Waals surface area contributed by atoms with Crippen LogP contribution < -0.4 is 0 Å². The molecule has 56 heavy (non-hydrogen) atoms. The summed E-state index contributed by atoms with van der Waals surface area (Å²) in [7, 11) is 0. The third-order valence-corrected chi connectivity index (χ3v) is 11.0. The molecule has 0 N–H and O–H groups in total. The SMILES string of the molecule is c1ccc(-c2ccc3nc(-c4ccc(-c5c6ccccc6c(-c6ccc(-c7cn8cc(-c9ccccc9)ccc8n7)cc6)c6ccccc56)cc4)cn3c2)cc1. The van der Waals surface area contributed by atoms with Crippen molar-refractivity contribution in [1.29, 1.82) is 0 Å². The molecule has 4 nitrogen and oxygen atoms in total. The van der Waals surface area contributed by atoms with E-state index in [1.165, 1.54) is 66.1 Å². The Labute approximate surface area is 324 Å². The second-order valence-corrected chi connectivity index (χ2v) is 14.3. The lowest BCUT2D eigenvalue weighted by atomic mass is 9.85. The molecule has 0 bridgehead atoms. The van der Waals surface area contributed by atoms with Gasteiger partial charge in [-0.2, -0.15) is 0 Å². The Bertz CT molecular complexity index is 2940. The van der Waals surface area contributed by atoms with Crippen LogP contribution in [0.1, 0.15) is 0 Å². The van der Waals surface area contributed by atoms with Gasteiger partial charge in [0.2, 0.25) is 0 Å². The van der Waals surface area contributed by atoms with Gasteiger partial charge in [-0.05, 0) is 90.3 Å². The molecule has 0 spiro atoms. The highest BCUT2D eigenvalue weighted by atomic mass is 15.0. The Morgan fingerprint density at radius 3 is 0.946 bits per heavy atom. The van der Waals surface area contributed by atoms with Crippen LogP contribution in [0.5, 0.6) is 0 Å². The van der Waals surface area contributed by atoms with Crippen LogP contribution in [-0.4, -0.2) is 18.8 Å². The molecular weight excluding hydrogens is 681 g/mol. The minimum atomic E-state index is 0.931. The van der Waals surface area contributed by atoms with Crippen LogP contribution in [0.25, 0.3) is 99.9 Å². The summed E-state index contributed by atoms with van der Waals surface area (Å²) in [5, 5.41) is 4.92. The molecule has 7 aromatic carbocycles. The quantitative estimate of drug-likeness (QED) is 0.161. The average Bonchev–Trinajstić information content (AvgIpc) is 3.91. The first-order chi connectivity index (χ1) is 27.7. The molecule has 0 saturated carbocycles. The van der Waals surface area contributed by atoms with Crippen LogP contribution in [0.15, 0.2) is 207 Å². The van der Waals surface area contributed by atoms with Crippen molar-refractivity contribution in [3.05, 3.63) is 207 Å². The van der Waals surface area contributed by atoms with Crippen LogP contribution >= 0.6 is 0 Å². The number of imidazole rings is 2. The summed E-state index contributed by atoms with van der Waals surface area (Å²) in [5.74, 6) is 0. The van der Waals surface area contributed by atoms with Crippen molar-refractivity contribution in [2.24, 2.45) is 0 Å². The number of hydrogen-bond acceptors (Lipinski definition) is 2. The van der Waals surface area contributed by atoms with E-state index in [4.69, 9.17) is 9.97 Å². The number of hydrogen-bond donors (Lipinski definition) is 0. The summed E-state index contributed by atoms with van der Waals surface area (Å²) in [5.41, 5.74) is 15.5. The summed E-state index contributed by atoms with van der Waals surface area (Å²) in [4.78, 5) is 9.95. The largest absolute Gasteiger partial charge is 0.306 e. The van der Waals surface area contributed by atoms with Gasteiger partial charge >= 0.3 is 0 Å². The molecule has 11 rings (SSSR count). The predicted molar refractivity (Wildman–Crippen MR) is 232 cm³/mol. The van der Waals surface area contributed by atoms with Gasteiger partial charge in [-0.1, -0.05) is 158 Å². The van der Waals surface area contributed by atoms with E-state index in [2.05, 4.69) is 203 Å². The van der Waals surface area contributed by atoms with Crippen LogP contribution in [-0.2, 0) is 0 Å². The first-order valence-electron chi connectivity index (χ1n) is 19.0. The molecule has 4 aromatic heterocycles. The van der Waals surface area contributed by atoms with Gasteiger partial charge in [0.25, 0.3) is 0 Å². The normalized spacial score (nSPS) is 11.6. The van der Waals surface area contributed by atoms with Crippen molar-refractivity contribution in [1.82, 2.24) is 18.8 Å². The average molecular weight is 715 g/mol. The summed E-state index contributed by atoms with van der Waals surface area (Å²) >= 11 is 0. The highest BCUT2D eigenvalue weighted by Crippen LogP contribution is 2.44. The monoisotopic (exact) mass is 714 g/mol. The Morgan fingerprint density at radius 2 is 0.571 bits per heavy atom. The molecule has 0 amide bonds. The Morgan fingerprint density at radius 1 is 0.250 bits per heavy atom. The van der Waals surface area contributed by atoms with Crippen LogP contribution in [0.4, 0.5) is 0 Å². The molecule has 0 radical (unpaired) electrons. The molecule has 0 fully saturated rings. The summed E-state index contributed by atoms with van der Waals surface area (Å²) in [6, 6.07) is 64.8. The van der Waals surface area contributed by atoms with Gasteiger partial charge in [0.05, 0.1) is 11.4 Å². The van der Waals surface area contributed by atoms with E-state index >= 15 is 0 Å². The van der Waals surface area contributed by atoms with Gasteiger partial charge < -0.3 is 8.80 Å². The molecule has 0 saturated heterocycles. The number of fused-ring (bicyclic) bond motifs is 4. The zero-order valence-electron chi connectivity index (χ0n) is 30.4. The van der Waals surface area contributed by atoms with E-state index in [-0.39, 0.29) is 0 Å². The van der Waals surface area contributed by atoms with Crippen LogP contribution in [0.3, 0.4) is 0 Å². The maximum absolute atomic E-state index is 4.97. The fraction of sp³-hybridized carbons (Fsp3) is 0. The van der Waals surface area contributed by atoms with Crippen molar-refractivity contribution in [2.45, 2.75) is 0 Å². The van der Waals surface area contributed by atoms with Gasteiger partial charge in [0, 0.05) is 35.9 Å². The number of rotatable bonds is 6. The van der Waals surface area contributed by atoms with Gasteiger partial charge in [-0.15, -0.1) is 0 Å². The molecular formula is C52H34N4. The van der Waals surface area contributed by atoms with Crippen molar-refractivity contribution in [3.63, 3.8) is 0 Å². The summed E-state index contributed by atoms with van der Waals surface area (Å²) in [6.45, 7) is 0. The number of benzene rings is 7. The topological polar surface area (TPSA) is 34.6 Å². The van der Waals surface area contributed by atoms with E-state index in [0.717, 1.165) is 33.8 Å². The maximum atomic E-state index is 4.97. The lowest BCUT2D eigenvalue weighted by molar-refractivity contribution is 1.19. The summed E-state index contributed by atoms with van der Waals surface area (Å²) in [6.07, 6.45) is 8.56. The van der Waals surface area contributed by atoms with Crippen molar-refractivity contribution >= 4 is 32.8 Å². The van der Waals surface area contributed by atoms with E-state index in [1.807, 2.05) is 12.1 Å². The molecule has 0 aliphatic rings. The van der Waals surface area contributed by atoms with Crippen molar-refractivity contribution in [2.75, 3.05) is 0 Å². The van der Waals surface area contributed by atoms with Gasteiger partial charge in [0.15, 0.2) is 0 Å². The molecule has 262 valence electrons. The van der Waals surface area contributed by atoms with Crippen LogP contribution in [0, 0.1) is 0 Å². The first kappa shape index (κ1) is 31.9. The number of nitrogens with zero attached hydrogens (tertiary/aromatic N) is 4. The fourth-order valence-electron chi connectivity index (χ4n) is 8.23. The molecule has 0 unspecified atom stereocenters. The van der Waals surface area contributed by atoms with E-state index < -0.39 is 0 Å². The highest BCUT2D eigenvalue weighted by Gasteiger charge is 2.17. The van der Waals surface area contributed by atoms with E-state index in [0.29, 0.717) is 0 Å². The third kappa shape index (κ3) is 5.47. The van der Waals surface area contributed by atoms with Gasteiger partial charge in [-0.25, -0.2) is 9.97 Å². The van der Waals surface area contributed by atoms with Crippen molar-refractivity contribution in [3.8, 4) is 67.0 Å². The van der Waals surface area contributed by atoms with Crippen LogP contribution in [0.2, 0.25) is 0 Å². The standard InChI is InChI=1S/C52H34N4/c1-3-11-35(12-4-1)41-27-29-49-53-47(33-55(49)31-41)37-19-23-39(24-20-37)51-43-15-7-9-17-45(43)52(46-18-10-8-16-44(46)51)40-25-21-38(22-26-40)48-34-56-32-42(28-30-50(56)54-48)36-13-5-2-6-14-36/h1-34H. The second-order valence-electron chi connectivity index (χ2n) is 14.3. The maximum Gasteiger partial charge on any atom is 0.137 e. The molecule has 4 heterocycles. The fourth-order valence-corrected chi connectivity index (χ4v) is 8.23. The lowest BCUT2D eigenvalue weighted by Crippen LogP contribution is -1.91. The Kier molecular flexibility index (Phi) is 7.46. The Hall–Kier alpha value is -7.56. The van der Waals surface area contributed by atoms with E-state index in [9.17, 15) is 0 Å². The zero-order valence-corrected chi connectivity index (χ0v) is 30.4. The van der Waals surface area contributed by atoms with Gasteiger partial charge in [0.1, 0.15) is 11.3 Å². The number of aromatic nitrogens is 4. The third-order valence-electron chi connectivity index (χ3n) is 11.0. The second kappa shape index (κ2) is 13.1. The first-order valence-corrected chi connectivity index (χ1v) is 19.0. The minimum Gasteiger partial charge on any atom is -0.306 e. The smallest absolute Gasteiger partial charge is 0.137 e. The number of pyridine rings is 2. The lowest BCUT2D eigenvalue weighted by Gasteiger charge is -2.18. The summed E-state index contributed by atoms with van der Waals surface area (Å²) < 4.78 is 4.24. The molecule has 4 heteroatoms. The highest BCUT2D eigenvalue weighted by molar-refractivity contribution is 6.21. The molecule has 11 aromatic rings. The predicted octanol–water partition coefficient (Wildman–Crippen LogP) is 13.3. The molecule has 0 aliphatic carbocycles. The molecule has 0 atom stereocenters. The minimum absolute atomic E-state index is 0.931. The van der Waals surface area contributed by atoms with Gasteiger partial charge in [-0.3, -0.25) is 0 Å². The Balaban J connectivity index is 0.955.